The topological polar surface area (TPSA) is 75.0 Å². The van der Waals surface area contributed by atoms with Crippen LogP contribution in [0.5, 0.6) is 0 Å². The number of hydrogen-bond acceptors (Lipinski definition) is 4. The number of rotatable bonds is 5. The second-order valence-corrected chi connectivity index (χ2v) is 3.63. The van der Waals surface area contributed by atoms with Crippen molar-refractivity contribution < 1.29 is 0 Å². The maximum absolute atomic E-state index is 5.76. The molecule has 0 saturated carbocycles. The van der Waals surface area contributed by atoms with Crippen molar-refractivity contribution in [1.29, 1.82) is 0 Å². The van der Waals surface area contributed by atoms with Gasteiger partial charge in [0.05, 0.1) is 11.4 Å². The minimum Gasteiger partial charge on any atom is -0.397 e. The van der Waals surface area contributed by atoms with Gasteiger partial charge in [-0.1, -0.05) is 0 Å². The van der Waals surface area contributed by atoms with Gasteiger partial charge < -0.3 is 21.7 Å². The monoisotopic (exact) mass is 239 g/mol. The van der Waals surface area contributed by atoms with Crippen LogP contribution in [0, 0.1) is 0 Å². The van der Waals surface area contributed by atoms with Crippen LogP contribution in [-0.4, -0.2) is 30.2 Å². The van der Waals surface area contributed by atoms with Crippen molar-refractivity contribution in [3.8, 4) is 0 Å². The molecule has 0 bridgehead atoms. The Labute approximate surface area is 101 Å². The fourth-order valence-electron chi connectivity index (χ4n) is 1.16. The quantitative estimate of drug-likeness (QED) is 0.423. The smallest absolute Gasteiger partial charge is 0.166 e. The van der Waals surface area contributed by atoms with Crippen LogP contribution < -0.4 is 21.7 Å². The molecule has 1 rings (SSSR count). The van der Waals surface area contributed by atoms with Gasteiger partial charge in [-0.25, -0.2) is 0 Å². The second kappa shape index (κ2) is 6.97. The van der Waals surface area contributed by atoms with Gasteiger partial charge >= 0.3 is 0 Å². The number of pyridine rings is 1. The van der Waals surface area contributed by atoms with Gasteiger partial charge in [-0.15, -0.1) is 0 Å². The summed E-state index contributed by atoms with van der Waals surface area (Å²) in [5.41, 5.74) is 7.35. The summed E-state index contributed by atoms with van der Waals surface area (Å²) < 4.78 is 0. The summed E-state index contributed by atoms with van der Waals surface area (Å²) in [6.07, 6.45) is 1.74. The number of thiocarbonyl (C=S) groups is 1. The van der Waals surface area contributed by atoms with Crippen LogP contribution in [-0.2, 0) is 6.54 Å². The van der Waals surface area contributed by atoms with Crippen molar-refractivity contribution >= 4 is 23.0 Å². The normalized spacial score (nSPS) is 9.81. The lowest BCUT2D eigenvalue weighted by Crippen LogP contribution is -2.37. The second-order valence-electron chi connectivity index (χ2n) is 3.22. The number of hydrogen-bond donors (Lipinski definition) is 4. The minimum absolute atomic E-state index is 0.652. The summed E-state index contributed by atoms with van der Waals surface area (Å²) in [5.74, 6) is 0. The minimum atomic E-state index is 0.652. The van der Waals surface area contributed by atoms with E-state index in [9.17, 15) is 0 Å². The molecule has 88 valence electrons. The lowest BCUT2D eigenvalue weighted by atomic mass is 10.3. The highest BCUT2D eigenvalue weighted by atomic mass is 32.1. The van der Waals surface area contributed by atoms with Crippen LogP contribution in [0.15, 0.2) is 18.3 Å². The zero-order valence-electron chi connectivity index (χ0n) is 9.29. The van der Waals surface area contributed by atoms with Gasteiger partial charge in [0.2, 0.25) is 0 Å². The van der Waals surface area contributed by atoms with Crippen molar-refractivity contribution in [2.75, 3.05) is 25.9 Å². The van der Waals surface area contributed by atoms with Crippen molar-refractivity contribution in [3.05, 3.63) is 24.0 Å². The summed E-state index contributed by atoms with van der Waals surface area (Å²) in [5, 5.41) is 9.76. The molecule has 16 heavy (non-hydrogen) atoms. The maximum Gasteiger partial charge on any atom is 0.166 e. The van der Waals surface area contributed by atoms with Gasteiger partial charge in [-0.3, -0.25) is 4.98 Å². The molecule has 0 aliphatic heterocycles. The van der Waals surface area contributed by atoms with Gasteiger partial charge in [0, 0.05) is 32.9 Å². The Balaban J connectivity index is 2.17. The first-order valence-corrected chi connectivity index (χ1v) is 5.50. The molecule has 0 aliphatic rings. The average molecular weight is 239 g/mol. The standard InChI is InChI=1S/C10H17N5S/c1-12-10(16)15-6-5-13-7-9-8(11)3-2-4-14-9/h2-4,13H,5-7,11H2,1H3,(H2,12,15,16). The molecule has 0 aliphatic carbocycles. The predicted octanol–water partition coefficient (Wildman–Crippen LogP) is -0.153. The van der Waals surface area contributed by atoms with Gasteiger partial charge in [0.1, 0.15) is 0 Å². The van der Waals surface area contributed by atoms with Gasteiger partial charge in [0.15, 0.2) is 5.11 Å². The van der Waals surface area contributed by atoms with E-state index in [2.05, 4.69) is 20.9 Å². The van der Waals surface area contributed by atoms with Crippen LogP contribution in [0.1, 0.15) is 5.69 Å². The maximum atomic E-state index is 5.76. The highest BCUT2D eigenvalue weighted by Gasteiger charge is 1.98. The fraction of sp³-hybridized carbons (Fsp3) is 0.400. The van der Waals surface area contributed by atoms with Crippen molar-refractivity contribution in [2.24, 2.45) is 0 Å². The number of aromatic nitrogens is 1. The summed E-state index contributed by atoms with van der Waals surface area (Å²) in [4.78, 5) is 4.18. The Bertz CT molecular complexity index is 342. The third-order valence-corrected chi connectivity index (χ3v) is 2.38. The molecular formula is C10H17N5S. The van der Waals surface area contributed by atoms with E-state index in [1.54, 1.807) is 13.2 Å². The number of nitrogen functional groups attached to an aromatic ring is 1. The molecule has 0 spiro atoms. The molecule has 5 nitrogen and oxygen atoms in total. The van der Waals surface area contributed by atoms with E-state index in [1.807, 2.05) is 12.1 Å². The number of anilines is 1. The fourth-order valence-corrected chi connectivity index (χ4v) is 1.26. The van der Waals surface area contributed by atoms with E-state index >= 15 is 0 Å². The summed E-state index contributed by atoms with van der Waals surface area (Å²) in [6, 6.07) is 3.67. The van der Waals surface area contributed by atoms with Crippen molar-refractivity contribution in [2.45, 2.75) is 6.54 Å². The summed E-state index contributed by atoms with van der Waals surface area (Å²) in [7, 11) is 1.79. The van der Waals surface area contributed by atoms with Crippen molar-refractivity contribution in [1.82, 2.24) is 20.9 Å². The third-order valence-electron chi connectivity index (χ3n) is 2.03. The Morgan fingerprint density at radius 3 is 3.00 bits per heavy atom. The lowest BCUT2D eigenvalue weighted by molar-refractivity contribution is 0.661. The van der Waals surface area contributed by atoms with Crippen LogP contribution in [0.2, 0.25) is 0 Å². The molecular weight excluding hydrogens is 222 g/mol. The number of nitrogens with zero attached hydrogens (tertiary/aromatic N) is 1. The van der Waals surface area contributed by atoms with Crippen LogP contribution in [0.3, 0.4) is 0 Å². The van der Waals surface area contributed by atoms with Crippen LogP contribution >= 0.6 is 12.2 Å². The molecule has 0 amide bonds. The molecule has 0 aromatic carbocycles. The van der Waals surface area contributed by atoms with E-state index in [1.165, 1.54) is 0 Å². The van der Waals surface area contributed by atoms with E-state index in [0.29, 0.717) is 17.3 Å². The first-order chi connectivity index (χ1) is 7.74. The van der Waals surface area contributed by atoms with E-state index < -0.39 is 0 Å². The first-order valence-electron chi connectivity index (χ1n) is 5.09. The Hall–Kier alpha value is -1.40. The van der Waals surface area contributed by atoms with E-state index in [0.717, 1.165) is 18.8 Å². The molecule has 5 N–H and O–H groups in total. The number of nitrogens with two attached hydrogens (primary N) is 1. The molecule has 0 fully saturated rings. The van der Waals surface area contributed by atoms with Crippen LogP contribution in [0.4, 0.5) is 5.69 Å². The Kier molecular flexibility index (Phi) is 5.52. The summed E-state index contributed by atoms with van der Waals surface area (Å²) in [6.45, 7) is 2.24. The highest BCUT2D eigenvalue weighted by Crippen LogP contribution is 2.05. The first kappa shape index (κ1) is 12.7. The molecule has 0 radical (unpaired) electrons. The molecule has 0 atom stereocenters. The van der Waals surface area contributed by atoms with Crippen molar-refractivity contribution in [3.63, 3.8) is 0 Å². The summed E-state index contributed by atoms with van der Waals surface area (Å²) >= 11 is 4.94. The van der Waals surface area contributed by atoms with E-state index in [4.69, 9.17) is 18.0 Å². The average Bonchev–Trinajstić information content (AvgIpc) is 2.30. The highest BCUT2D eigenvalue weighted by molar-refractivity contribution is 7.80. The third kappa shape index (κ3) is 4.41. The molecule has 1 aromatic heterocycles. The molecule has 0 unspecified atom stereocenters. The molecule has 1 aromatic rings. The molecule has 6 heteroatoms. The largest absolute Gasteiger partial charge is 0.397 e. The van der Waals surface area contributed by atoms with Crippen LogP contribution in [0.25, 0.3) is 0 Å². The lowest BCUT2D eigenvalue weighted by Gasteiger charge is -2.08. The Morgan fingerprint density at radius 2 is 2.31 bits per heavy atom. The SMILES string of the molecule is CNC(=S)NCCNCc1ncccc1N. The zero-order chi connectivity index (χ0) is 11.8. The zero-order valence-corrected chi connectivity index (χ0v) is 10.1. The molecule has 1 heterocycles. The van der Waals surface area contributed by atoms with Gasteiger partial charge in [-0.2, -0.15) is 0 Å². The Morgan fingerprint density at radius 1 is 1.50 bits per heavy atom. The predicted molar refractivity (Wildman–Crippen MR) is 70.0 cm³/mol. The molecule has 0 saturated heterocycles. The van der Waals surface area contributed by atoms with Gasteiger partial charge in [0.25, 0.3) is 0 Å². The van der Waals surface area contributed by atoms with Gasteiger partial charge in [-0.05, 0) is 24.4 Å². The van der Waals surface area contributed by atoms with E-state index in [-0.39, 0.29) is 0 Å². The number of nitrogens with one attached hydrogen (secondary N) is 3.